The molecule has 270 valence electrons. The number of rotatable bonds is 7. The fourth-order valence-corrected chi connectivity index (χ4v) is 7.50. The Labute approximate surface area is 297 Å². The van der Waals surface area contributed by atoms with Crippen molar-refractivity contribution in [1.29, 1.82) is 0 Å². The molecule has 2 aliphatic heterocycles. The number of halogens is 1. The van der Waals surface area contributed by atoms with Crippen molar-refractivity contribution in [1.82, 2.24) is 19.5 Å². The number of hydrogen-bond acceptors (Lipinski definition) is 9. The van der Waals surface area contributed by atoms with E-state index in [-0.39, 0.29) is 40.2 Å². The predicted molar refractivity (Wildman–Crippen MR) is 197 cm³/mol. The number of ether oxygens (including phenoxy) is 2. The maximum absolute atomic E-state index is 16.1. The van der Waals surface area contributed by atoms with Gasteiger partial charge in [-0.2, -0.15) is 0 Å². The number of carbonyl (C=O) groups excluding carboxylic acids is 2. The van der Waals surface area contributed by atoms with Crippen molar-refractivity contribution in [3.05, 3.63) is 80.5 Å². The van der Waals surface area contributed by atoms with Gasteiger partial charge in [-0.25, -0.2) is 9.18 Å². The third kappa shape index (κ3) is 6.07. The van der Waals surface area contributed by atoms with E-state index in [4.69, 9.17) is 13.9 Å². The molecule has 0 aliphatic carbocycles. The highest BCUT2D eigenvalue weighted by Crippen LogP contribution is 2.36. The topological polar surface area (TPSA) is 135 Å². The van der Waals surface area contributed by atoms with Gasteiger partial charge in [-0.1, -0.05) is 24.3 Å². The van der Waals surface area contributed by atoms with E-state index in [1.54, 1.807) is 37.3 Å². The van der Waals surface area contributed by atoms with Crippen molar-refractivity contribution in [2.75, 3.05) is 57.8 Å². The minimum Gasteiger partial charge on any atom is -0.451 e. The van der Waals surface area contributed by atoms with E-state index in [0.29, 0.717) is 65.5 Å². The van der Waals surface area contributed by atoms with E-state index in [2.05, 4.69) is 15.5 Å². The van der Waals surface area contributed by atoms with Crippen LogP contribution in [0.15, 0.2) is 62.7 Å². The highest BCUT2D eigenvalue weighted by molar-refractivity contribution is 6.15. The van der Waals surface area contributed by atoms with Gasteiger partial charge >= 0.3 is 6.09 Å². The molecule has 2 aromatic heterocycles. The first-order valence-electron chi connectivity index (χ1n) is 17.7. The normalized spacial score (nSPS) is 17.2. The molecule has 8 rings (SSSR count). The summed E-state index contributed by atoms with van der Waals surface area (Å²) < 4.78 is 35.1. The molecule has 2 aliphatic rings. The zero-order valence-electron chi connectivity index (χ0n) is 29.3. The lowest BCUT2D eigenvalue weighted by atomic mass is 10.1. The molecule has 4 aromatic carbocycles. The van der Waals surface area contributed by atoms with Crippen LogP contribution in [0.1, 0.15) is 44.0 Å². The number of hydrogen-bond donors (Lipinski definition) is 2. The standard InChI is InChI=1S/C39H40FN5O7/c1-39(2,3)52-38(49)42-22-9-12-44(20-22)37(48)28-21-45-30-18-25-23-7-4-5-8-24(23)34(46)26(25)19-31(30)51-36-32(29(40)17-27(33(36)45)35(28)47)41-10-6-11-43-13-15-50-16-14-43/h4-5,7-8,17-19,21-22,41H,6,9-16,20H2,1-3H3,(H,42,49)/t22-/m0/s1. The van der Waals surface area contributed by atoms with Crippen LogP contribution >= 0.6 is 0 Å². The highest BCUT2D eigenvalue weighted by Gasteiger charge is 2.32. The summed E-state index contributed by atoms with van der Waals surface area (Å²) in [4.78, 5) is 57.9. The largest absolute Gasteiger partial charge is 0.451 e. The average Bonchev–Trinajstić information content (AvgIpc) is 3.69. The molecule has 1 atom stereocenters. The van der Waals surface area contributed by atoms with Crippen molar-refractivity contribution >= 4 is 66.8 Å². The van der Waals surface area contributed by atoms with E-state index in [1.165, 1.54) is 11.1 Å². The molecule has 0 radical (unpaired) electrons. The first-order chi connectivity index (χ1) is 25.0. The zero-order valence-corrected chi connectivity index (χ0v) is 29.3. The summed E-state index contributed by atoms with van der Waals surface area (Å²) in [5.41, 5.74) is -0.289. The Morgan fingerprint density at radius 2 is 1.73 bits per heavy atom. The van der Waals surface area contributed by atoms with E-state index in [9.17, 15) is 19.2 Å². The Balaban J connectivity index is 1.23. The number of benzene rings is 3. The van der Waals surface area contributed by atoms with Crippen LogP contribution < -0.4 is 21.5 Å². The smallest absolute Gasteiger partial charge is 0.407 e. The highest BCUT2D eigenvalue weighted by atomic mass is 19.1. The van der Waals surface area contributed by atoms with Gasteiger partial charge in [-0.05, 0) is 69.1 Å². The number of nitrogens with one attached hydrogen (secondary N) is 2. The quantitative estimate of drug-likeness (QED) is 0.128. The van der Waals surface area contributed by atoms with Crippen molar-refractivity contribution in [3.63, 3.8) is 0 Å². The van der Waals surface area contributed by atoms with Gasteiger partial charge in [0.1, 0.15) is 22.4 Å². The van der Waals surface area contributed by atoms with Gasteiger partial charge in [0.15, 0.2) is 22.4 Å². The number of amides is 2. The van der Waals surface area contributed by atoms with Crippen LogP contribution in [0.25, 0.3) is 49.1 Å². The number of aromatic nitrogens is 1. The summed E-state index contributed by atoms with van der Waals surface area (Å²) in [6, 6.07) is 11.6. The molecule has 0 bridgehead atoms. The number of nitrogens with zero attached hydrogens (tertiary/aromatic N) is 3. The van der Waals surface area contributed by atoms with Gasteiger partial charge in [0, 0.05) is 49.7 Å². The molecule has 4 heterocycles. The molecule has 0 spiro atoms. The minimum atomic E-state index is -0.696. The summed E-state index contributed by atoms with van der Waals surface area (Å²) in [5, 5.41) is 8.49. The van der Waals surface area contributed by atoms with Gasteiger partial charge in [0.25, 0.3) is 5.91 Å². The van der Waals surface area contributed by atoms with Gasteiger partial charge in [0.05, 0.1) is 30.2 Å². The minimum absolute atomic E-state index is 0.0116. The van der Waals surface area contributed by atoms with Crippen LogP contribution in [0.2, 0.25) is 0 Å². The van der Waals surface area contributed by atoms with Gasteiger partial charge < -0.3 is 33.8 Å². The molecule has 13 heteroatoms. The van der Waals surface area contributed by atoms with Crippen molar-refractivity contribution in [2.24, 2.45) is 0 Å². The van der Waals surface area contributed by atoms with Crippen molar-refractivity contribution < 1.29 is 27.9 Å². The van der Waals surface area contributed by atoms with Crippen LogP contribution in [-0.2, 0) is 9.47 Å². The number of fused-ring (bicyclic) bond motifs is 5. The predicted octanol–water partition coefficient (Wildman–Crippen LogP) is 5.32. The number of carbonyl (C=O) groups is 2. The SMILES string of the molecule is CC(C)(C)OC(=O)N[C@H]1CCN(C(=O)c2cn3c4cc5c(cc4oc4c(NCCCN6CCOCC6)c(F)cc(c2=O)c43)c(=O)c2ccccc25)C1. The third-order valence-corrected chi connectivity index (χ3v) is 9.96. The molecule has 2 N–H and O–H groups in total. The zero-order chi connectivity index (χ0) is 36.3. The molecule has 0 saturated carbocycles. The number of likely N-dealkylation sites (tertiary alicyclic amines) is 1. The van der Waals surface area contributed by atoms with Crippen LogP contribution in [0, 0.1) is 5.82 Å². The van der Waals surface area contributed by atoms with Crippen LogP contribution in [-0.4, -0.2) is 90.3 Å². The molecule has 2 amide bonds. The first-order valence-corrected chi connectivity index (χ1v) is 17.7. The van der Waals surface area contributed by atoms with E-state index < -0.39 is 28.8 Å². The van der Waals surface area contributed by atoms with Crippen molar-refractivity contribution in [3.8, 4) is 0 Å². The molecule has 2 fully saturated rings. The Kier molecular flexibility index (Phi) is 8.50. The first kappa shape index (κ1) is 33.9. The summed E-state index contributed by atoms with van der Waals surface area (Å²) >= 11 is 0. The van der Waals surface area contributed by atoms with Crippen LogP contribution in [0.4, 0.5) is 14.9 Å². The Hall–Kier alpha value is -5.27. The average molecular weight is 710 g/mol. The second-order valence-corrected chi connectivity index (χ2v) is 14.7. The molecule has 6 aromatic rings. The van der Waals surface area contributed by atoms with Crippen LogP contribution in [0.3, 0.4) is 0 Å². The maximum atomic E-state index is 16.1. The fraction of sp³-hybridized carbons (Fsp3) is 0.385. The van der Waals surface area contributed by atoms with Gasteiger partial charge in [0.2, 0.25) is 5.43 Å². The lowest BCUT2D eigenvalue weighted by molar-refractivity contribution is 0.0378. The number of alkyl carbamates (subject to hydrolysis) is 1. The molecular formula is C39H40FN5O7. The molecular weight excluding hydrogens is 669 g/mol. The number of anilines is 1. The van der Waals surface area contributed by atoms with Gasteiger partial charge in [-0.3, -0.25) is 19.3 Å². The Morgan fingerprint density at radius 1 is 0.962 bits per heavy atom. The third-order valence-electron chi connectivity index (χ3n) is 9.96. The molecule has 52 heavy (non-hydrogen) atoms. The number of pyridine rings is 1. The van der Waals surface area contributed by atoms with Gasteiger partial charge in [-0.15, -0.1) is 0 Å². The van der Waals surface area contributed by atoms with E-state index >= 15 is 4.39 Å². The molecule has 0 unspecified atom stereocenters. The molecule has 2 saturated heterocycles. The van der Waals surface area contributed by atoms with Crippen LogP contribution in [0.5, 0.6) is 0 Å². The fourth-order valence-electron chi connectivity index (χ4n) is 7.50. The summed E-state index contributed by atoms with van der Waals surface area (Å²) in [6.07, 6.45) is 2.11. The second kappa shape index (κ2) is 13.1. The van der Waals surface area contributed by atoms with E-state index in [0.717, 1.165) is 37.5 Å². The maximum Gasteiger partial charge on any atom is 0.407 e. The lowest BCUT2D eigenvalue weighted by Crippen LogP contribution is -2.41. The summed E-state index contributed by atoms with van der Waals surface area (Å²) in [6.45, 7) is 10.1. The lowest BCUT2D eigenvalue weighted by Gasteiger charge is -2.26. The summed E-state index contributed by atoms with van der Waals surface area (Å²) in [7, 11) is 0. The molecule has 12 nitrogen and oxygen atoms in total. The van der Waals surface area contributed by atoms with Crippen molar-refractivity contribution in [2.45, 2.75) is 45.3 Å². The number of morpholine rings is 1. The van der Waals surface area contributed by atoms with E-state index in [1.807, 2.05) is 24.3 Å². The Morgan fingerprint density at radius 3 is 2.50 bits per heavy atom. The summed E-state index contributed by atoms with van der Waals surface area (Å²) in [5.74, 6) is -1.23. The monoisotopic (exact) mass is 709 g/mol. The Bertz CT molecular complexity index is 2500. The second-order valence-electron chi connectivity index (χ2n) is 14.7.